The normalized spacial score (nSPS) is 39.9. The fourth-order valence-electron chi connectivity index (χ4n) is 8.57. The molecule has 1 aromatic heterocycles. The van der Waals surface area contributed by atoms with Gasteiger partial charge in [0.25, 0.3) is 0 Å². The summed E-state index contributed by atoms with van der Waals surface area (Å²) in [5, 5.41) is 25.9. The number of hydrogen-bond donors (Lipinski definition) is 3. The lowest BCUT2D eigenvalue weighted by Crippen LogP contribution is -2.67. The molecule has 6 rings (SSSR count). The van der Waals surface area contributed by atoms with Crippen LogP contribution in [0.4, 0.5) is 0 Å². The third-order valence-corrected chi connectivity index (χ3v) is 10.2. The van der Waals surface area contributed by atoms with E-state index in [1.165, 1.54) is 38.5 Å². The van der Waals surface area contributed by atoms with Gasteiger partial charge in [0.2, 0.25) is 0 Å². The summed E-state index contributed by atoms with van der Waals surface area (Å²) in [6, 6.07) is 11.0. The Morgan fingerprint density at radius 1 is 1.03 bits per heavy atom. The second-order valence-corrected chi connectivity index (χ2v) is 11.2. The molecule has 3 N–H and O–H groups in total. The number of aryl methyl sites for hydroxylation is 1. The first kappa shape index (κ1) is 19.8. The van der Waals surface area contributed by atoms with Gasteiger partial charge in [0.05, 0.1) is 12.2 Å². The van der Waals surface area contributed by atoms with Crippen LogP contribution in [-0.4, -0.2) is 27.4 Å². The van der Waals surface area contributed by atoms with E-state index in [0.29, 0.717) is 11.8 Å². The first-order valence-electron chi connectivity index (χ1n) is 12.2. The highest BCUT2D eigenvalue weighted by atomic mass is 16.3. The Kier molecular flexibility index (Phi) is 4.06. The fraction of sp³-hybridized carbons (Fsp3) is 0.571. The van der Waals surface area contributed by atoms with E-state index in [2.05, 4.69) is 63.0 Å². The topological polar surface area (TPSA) is 56.2 Å². The van der Waals surface area contributed by atoms with Gasteiger partial charge in [-0.1, -0.05) is 39.0 Å². The molecule has 3 aliphatic rings. The molecule has 2 fully saturated rings. The van der Waals surface area contributed by atoms with Gasteiger partial charge in [-0.3, -0.25) is 0 Å². The Labute approximate surface area is 184 Å². The Morgan fingerprint density at radius 3 is 2.61 bits per heavy atom. The first-order chi connectivity index (χ1) is 14.8. The second kappa shape index (κ2) is 6.36. The maximum Gasteiger partial charge on any atom is 0.0608 e. The minimum atomic E-state index is -0.356. The molecule has 3 aromatic rings. The number of H-pyrrole nitrogens is 1. The molecule has 0 radical (unpaired) electrons. The van der Waals surface area contributed by atoms with Gasteiger partial charge in [-0.2, -0.15) is 0 Å². The molecule has 0 amide bonds. The largest absolute Gasteiger partial charge is 0.393 e. The quantitative estimate of drug-likeness (QED) is 0.430. The number of aliphatic hydroxyl groups excluding tert-OH is 2. The summed E-state index contributed by atoms with van der Waals surface area (Å²) in [5.74, 6) is 1.01. The Hall–Kier alpha value is -1.84. The third kappa shape index (κ3) is 2.22. The molecule has 2 aromatic carbocycles. The first-order valence-corrected chi connectivity index (χ1v) is 12.2. The fourth-order valence-corrected chi connectivity index (χ4v) is 8.57. The highest BCUT2D eigenvalue weighted by Crippen LogP contribution is 2.71. The lowest BCUT2D eigenvalue weighted by atomic mass is 9.37. The Morgan fingerprint density at radius 2 is 1.81 bits per heavy atom. The molecule has 31 heavy (non-hydrogen) atoms. The summed E-state index contributed by atoms with van der Waals surface area (Å²) in [6.07, 6.45) is 3.93. The van der Waals surface area contributed by atoms with Gasteiger partial charge < -0.3 is 15.2 Å². The van der Waals surface area contributed by atoms with E-state index in [1.54, 1.807) is 0 Å². The van der Waals surface area contributed by atoms with Crippen LogP contribution in [0.3, 0.4) is 0 Å². The zero-order valence-corrected chi connectivity index (χ0v) is 19.2. The molecule has 3 nitrogen and oxygen atoms in total. The number of para-hydroxylation sites is 1. The van der Waals surface area contributed by atoms with Crippen LogP contribution in [0.15, 0.2) is 30.3 Å². The number of aromatic amines is 1. The average molecular weight is 418 g/mol. The zero-order chi connectivity index (χ0) is 21.7. The molecule has 0 bridgehead atoms. The number of nitrogens with one attached hydrogen (secondary N) is 1. The second-order valence-electron chi connectivity index (χ2n) is 11.2. The Bertz CT molecular complexity index is 1190. The maximum atomic E-state index is 11.7. The van der Waals surface area contributed by atoms with Gasteiger partial charge in [-0.25, -0.2) is 0 Å². The summed E-state index contributed by atoms with van der Waals surface area (Å²) in [6.45, 7) is 9.19. The molecule has 1 heterocycles. The minimum Gasteiger partial charge on any atom is -0.393 e. The third-order valence-electron chi connectivity index (χ3n) is 10.2. The van der Waals surface area contributed by atoms with Crippen LogP contribution < -0.4 is 0 Å². The molecule has 164 valence electrons. The van der Waals surface area contributed by atoms with Crippen LogP contribution in [0, 0.1) is 29.6 Å². The number of hydrogen-bond acceptors (Lipinski definition) is 2. The number of aromatic nitrogens is 1. The molecule has 0 aliphatic heterocycles. The molecule has 1 spiro atoms. The van der Waals surface area contributed by atoms with Crippen molar-refractivity contribution in [3.05, 3.63) is 47.0 Å². The van der Waals surface area contributed by atoms with E-state index in [9.17, 15) is 10.2 Å². The van der Waals surface area contributed by atoms with Crippen molar-refractivity contribution in [3.63, 3.8) is 0 Å². The average Bonchev–Trinajstić information content (AvgIpc) is 3.11. The number of fused-ring (bicyclic) bond motifs is 6. The van der Waals surface area contributed by atoms with Crippen LogP contribution in [0.25, 0.3) is 21.8 Å². The standard InChI is InChI=1S/C28H35NO2/c1-15-13-21-24(19-7-5-6-8-20(19)29-21)25-18(15)11-12-28-22(30)10-9-17(3)27(28,4)23(31)14-16(2)26(25)28/h5-8,13,16-17,22-23,26,29-31H,9-12,14H2,1-4H3. The van der Waals surface area contributed by atoms with Crippen molar-refractivity contribution in [2.45, 2.75) is 77.9 Å². The smallest absolute Gasteiger partial charge is 0.0608 e. The van der Waals surface area contributed by atoms with E-state index in [1.807, 2.05) is 0 Å². The van der Waals surface area contributed by atoms with Crippen molar-refractivity contribution in [1.29, 1.82) is 0 Å². The van der Waals surface area contributed by atoms with Crippen molar-refractivity contribution < 1.29 is 10.2 Å². The van der Waals surface area contributed by atoms with Crippen molar-refractivity contribution in [2.75, 3.05) is 0 Å². The molecule has 2 saturated carbocycles. The van der Waals surface area contributed by atoms with E-state index >= 15 is 0 Å². The van der Waals surface area contributed by atoms with Crippen LogP contribution in [0.5, 0.6) is 0 Å². The van der Waals surface area contributed by atoms with Gasteiger partial charge in [-0.05, 0) is 85.6 Å². The summed E-state index contributed by atoms with van der Waals surface area (Å²) < 4.78 is 0. The van der Waals surface area contributed by atoms with E-state index in [4.69, 9.17) is 0 Å². The summed E-state index contributed by atoms with van der Waals surface area (Å²) >= 11 is 0. The molecule has 7 atom stereocenters. The van der Waals surface area contributed by atoms with Gasteiger partial charge >= 0.3 is 0 Å². The zero-order valence-electron chi connectivity index (χ0n) is 19.2. The lowest BCUT2D eigenvalue weighted by molar-refractivity contribution is -0.234. The van der Waals surface area contributed by atoms with Crippen molar-refractivity contribution in [2.24, 2.45) is 22.7 Å². The minimum absolute atomic E-state index is 0.262. The molecule has 7 unspecified atom stereocenters. The van der Waals surface area contributed by atoms with Crippen LogP contribution in [0.1, 0.15) is 69.1 Å². The van der Waals surface area contributed by atoms with Crippen molar-refractivity contribution in [1.82, 2.24) is 4.98 Å². The highest BCUT2D eigenvalue weighted by Gasteiger charge is 2.68. The molecule has 3 heteroatoms. The molecular weight excluding hydrogens is 382 g/mol. The number of benzene rings is 2. The predicted octanol–water partition coefficient (Wildman–Crippen LogP) is 5.84. The molecule has 0 saturated heterocycles. The van der Waals surface area contributed by atoms with Gasteiger partial charge in [-0.15, -0.1) is 0 Å². The lowest BCUT2D eigenvalue weighted by Gasteiger charge is -2.68. The van der Waals surface area contributed by atoms with Gasteiger partial charge in [0, 0.05) is 32.6 Å². The van der Waals surface area contributed by atoms with Crippen molar-refractivity contribution >= 4 is 21.8 Å². The molecular formula is C28H35NO2. The SMILES string of the molecule is Cc1cc2[nH]c3ccccc3c2c2c1CCC13C(O)CCC(C)C1(C)C(O)CC(C)C23. The van der Waals surface area contributed by atoms with E-state index in [-0.39, 0.29) is 29.0 Å². The van der Waals surface area contributed by atoms with E-state index < -0.39 is 0 Å². The van der Waals surface area contributed by atoms with Crippen LogP contribution >= 0.6 is 0 Å². The summed E-state index contributed by atoms with van der Waals surface area (Å²) in [7, 11) is 0. The van der Waals surface area contributed by atoms with Gasteiger partial charge in [0.15, 0.2) is 0 Å². The summed E-state index contributed by atoms with van der Waals surface area (Å²) in [4.78, 5) is 3.68. The van der Waals surface area contributed by atoms with Gasteiger partial charge in [0.1, 0.15) is 0 Å². The van der Waals surface area contributed by atoms with Crippen LogP contribution in [-0.2, 0) is 6.42 Å². The highest BCUT2D eigenvalue weighted by molar-refractivity contribution is 6.10. The number of rotatable bonds is 0. The molecule has 3 aliphatic carbocycles. The van der Waals surface area contributed by atoms with E-state index in [0.717, 1.165) is 32.1 Å². The number of aliphatic hydroxyl groups is 2. The maximum absolute atomic E-state index is 11.7. The summed E-state index contributed by atoms with van der Waals surface area (Å²) in [5.41, 5.74) is 6.19. The monoisotopic (exact) mass is 417 g/mol. The Balaban J connectivity index is 1.73. The van der Waals surface area contributed by atoms with Crippen LogP contribution in [0.2, 0.25) is 0 Å². The predicted molar refractivity (Wildman–Crippen MR) is 126 cm³/mol. The van der Waals surface area contributed by atoms with Crippen molar-refractivity contribution in [3.8, 4) is 0 Å².